The lowest BCUT2D eigenvalue weighted by atomic mass is 9.65. The molecule has 1 spiro atoms. The van der Waals surface area contributed by atoms with Gasteiger partial charge in [-0.2, -0.15) is 0 Å². The Kier molecular flexibility index (Phi) is 8.59. The molecule has 0 unspecified atom stereocenters. The first kappa shape index (κ1) is 41.8. The van der Waals surface area contributed by atoms with Crippen LogP contribution in [0.4, 0.5) is 0 Å². The van der Waals surface area contributed by atoms with Crippen LogP contribution in [0.5, 0.6) is 0 Å². The van der Waals surface area contributed by atoms with Crippen LogP contribution in [0, 0.1) is 0 Å². The van der Waals surface area contributed by atoms with Crippen molar-refractivity contribution in [3.8, 4) is 22.3 Å². The summed E-state index contributed by atoms with van der Waals surface area (Å²) in [6.45, 7) is 33.7. The number of rotatable bonds is 4. The summed E-state index contributed by atoms with van der Waals surface area (Å²) in [6, 6.07) is 27.0. The summed E-state index contributed by atoms with van der Waals surface area (Å²) in [5.41, 5.74) is 8.25. The fraction of sp³-hybridized carbons (Fsp3) is 0.510. The van der Waals surface area contributed by atoms with Gasteiger partial charge < -0.3 is 37.2 Å². The molecule has 61 heavy (non-hydrogen) atoms. The van der Waals surface area contributed by atoms with Gasteiger partial charge in [0, 0.05) is 0 Å². The maximum Gasteiger partial charge on any atom is 0.494 e. The van der Waals surface area contributed by atoms with Gasteiger partial charge >= 0.3 is 28.5 Å². The van der Waals surface area contributed by atoms with Gasteiger partial charge in [-0.3, -0.25) is 0 Å². The normalized spacial score (nSPS) is 25.6. The van der Waals surface area contributed by atoms with Crippen LogP contribution in [0.3, 0.4) is 0 Å². The monoisotopic (exact) mass is 820 g/mol. The molecule has 0 bridgehead atoms. The molecule has 2 aliphatic carbocycles. The van der Waals surface area contributed by atoms with Crippen molar-refractivity contribution < 1.29 is 37.2 Å². The molecule has 4 heterocycles. The van der Waals surface area contributed by atoms with E-state index in [9.17, 15) is 0 Å². The average molecular weight is 820 g/mol. The molecule has 0 saturated carbocycles. The highest BCUT2D eigenvalue weighted by atomic mass is 16.7. The summed E-state index contributed by atoms with van der Waals surface area (Å²) in [5.74, 6) is 0. The van der Waals surface area contributed by atoms with E-state index >= 15 is 0 Å². The Balaban J connectivity index is 1.24. The number of hydrogen-bond donors (Lipinski definition) is 0. The largest absolute Gasteiger partial charge is 0.494 e. The van der Waals surface area contributed by atoms with Crippen molar-refractivity contribution in [3.63, 3.8) is 0 Å². The van der Waals surface area contributed by atoms with E-state index in [1.807, 2.05) is 0 Å². The Labute approximate surface area is 364 Å². The topological polar surface area (TPSA) is 73.8 Å². The van der Waals surface area contributed by atoms with Gasteiger partial charge in [0.2, 0.25) is 0 Å². The van der Waals surface area contributed by atoms with Crippen molar-refractivity contribution in [2.45, 2.75) is 161 Å². The lowest BCUT2D eigenvalue weighted by Gasteiger charge is -2.32. The van der Waals surface area contributed by atoms with E-state index in [1.54, 1.807) is 0 Å². The third-order valence-corrected chi connectivity index (χ3v) is 16.5. The van der Waals surface area contributed by atoms with Crippen LogP contribution in [0.15, 0.2) is 72.8 Å². The first-order valence-corrected chi connectivity index (χ1v) is 22.1. The van der Waals surface area contributed by atoms with Crippen LogP contribution < -0.4 is 21.9 Å². The fourth-order valence-electron chi connectivity index (χ4n) is 9.80. The average Bonchev–Trinajstić information content (AvgIpc) is 3.88. The van der Waals surface area contributed by atoms with Crippen LogP contribution in [0.2, 0.25) is 0 Å². The Morgan fingerprint density at radius 2 is 0.426 bits per heavy atom. The number of benzene rings is 4. The van der Waals surface area contributed by atoms with Gasteiger partial charge in [0.05, 0.1) is 50.2 Å². The Bertz CT molecular complexity index is 2110. The van der Waals surface area contributed by atoms with E-state index in [2.05, 4.69) is 184 Å². The maximum atomic E-state index is 6.73. The van der Waals surface area contributed by atoms with E-state index < -0.39 is 78.7 Å². The van der Waals surface area contributed by atoms with Crippen LogP contribution in [0.25, 0.3) is 22.3 Å². The first-order valence-electron chi connectivity index (χ1n) is 22.1. The molecule has 0 atom stereocenters. The highest BCUT2D eigenvalue weighted by molar-refractivity contribution is 6.63. The molecule has 10 rings (SSSR count). The lowest BCUT2D eigenvalue weighted by Crippen LogP contribution is -2.41. The zero-order valence-corrected chi connectivity index (χ0v) is 39.0. The zero-order valence-electron chi connectivity index (χ0n) is 39.0. The predicted octanol–water partition coefficient (Wildman–Crippen LogP) is 7.23. The van der Waals surface area contributed by atoms with Crippen LogP contribution in [-0.4, -0.2) is 73.3 Å². The predicted molar refractivity (Wildman–Crippen MR) is 246 cm³/mol. The number of hydrogen-bond acceptors (Lipinski definition) is 8. The van der Waals surface area contributed by atoms with Crippen LogP contribution in [0.1, 0.15) is 133 Å². The second-order valence-electron chi connectivity index (χ2n) is 22.3. The molecule has 4 saturated heterocycles. The molecule has 4 aliphatic heterocycles. The van der Waals surface area contributed by atoms with Crippen molar-refractivity contribution >= 4 is 50.3 Å². The van der Waals surface area contributed by atoms with Gasteiger partial charge in [-0.1, -0.05) is 72.8 Å². The minimum Gasteiger partial charge on any atom is -0.399 e. The summed E-state index contributed by atoms with van der Waals surface area (Å²) in [6.07, 6.45) is 0. The molecule has 6 aliphatic rings. The quantitative estimate of drug-likeness (QED) is 0.173. The molecule has 8 nitrogen and oxygen atoms in total. The standard InChI is InChI=1S/C49H60B4O8/c1-41(2)42(3,4)55-50(54-41)29-17-21-33-34-22-18-30(51-56-43(5,6)44(7,8)57-51)26-38(34)49(37(33)25-29)39-27-31(52-58-45(9,10)46(11,12)59-52)19-23-35(39)36-24-20-32(28-40(36)49)53-60-47(13,14)48(15,16)61-53/h17-28H,1-16H3. The SMILES string of the molecule is CC1(C)OB(c2ccc3c(c2)C2(c4cc(B5OC(C)(C)C(C)(C)O5)ccc4-3)c3cc(B4OC(C)(C)C(C)(C)O4)ccc3-c3ccc(B4OC(C)(C)C(C)(C)O4)cc32)OC1(C)C. The van der Waals surface area contributed by atoms with Gasteiger partial charge in [0.25, 0.3) is 0 Å². The highest BCUT2D eigenvalue weighted by Crippen LogP contribution is 2.62. The third-order valence-electron chi connectivity index (χ3n) is 16.5. The first-order chi connectivity index (χ1) is 28.1. The van der Waals surface area contributed by atoms with Gasteiger partial charge in [-0.05, 0) is 177 Å². The molecule has 0 radical (unpaired) electrons. The van der Waals surface area contributed by atoms with Crippen molar-refractivity contribution in [1.82, 2.24) is 0 Å². The van der Waals surface area contributed by atoms with E-state index in [-0.39, 0.29) is 0 Å². The minimum atomic E-state index is -0.798. The van der Waals surface area contributed by atoms with Gasteiger partial charge in [0.15, 0.2) is 0 Å². The van der Waals surface area contributed by atoms with Gasteiger partial charge in [-0.25, -0.2) is 0 Å². The van der Waals surface area contributed by atoms with Crippen molar-refractivity contribution in [2.75, 3.05) is 0 Å². The molecule has 4 aromatic carbocycles. The third kappa shape index (κ3) is 5.72. The molecule has 0 aromatic heterocycles. The van der Waals surface area contributed by atoms with E-state index in [1.165, 1.54) is 0 Å². The fourth-order valence-corrected chi connectivity index (χ4v) is 9.80. The molecule has 316 valence electrons. The molecule has 0 N–H and O–H groups in total. The lowest BCUT2D eigenvalue weighted by molar-refractivity contribution is 0.00578. The Morgan fingerprint density at radius 1 is 0.262 bits per heavy atom. The Morgan fingerprint density at radius 3 is 0.590 bits per heavy atom. The summed E-state index contributed by atoms with van der Waals surface area (Å²) in [4.78, 5) is 0. The summed E-state index contributed by atoms with van der Waals surface area (Å²) < 4.78 is 53.9. The maximum absolute atomic E-state index is 6.73. The van der Waals surface area contributed by atoms with Crippen molar-refractivity contribution in [3.05, 3.63) is 95.1 Å². The zero-order chi connectivity index (χ0) is 43.9. The molecule has 0 amide bonds. The second-order valence-corrected chi connectivity index (χ2v) is 22.3. The molecular weight excluding hydrogens is 760 g/mol. The van der Waals surface area contributed by atoms with Crippen molar-refractivity contribution in [1.29, 1.82) is 0 Å². The van der Waals surface area contributed by atoms with Crippen LogP contribution in [-0.2, 0) is 42.6 Å². The summed E-state index contributed by atoms with van der Waals surface area (Å²) in [7, 11) is -2.21. The molecular formula is C49H60B4O8. The van der Waals surface area contributed by atoms with Gasteiger partial charge in [-0.15, -0.1) is 0 Å². The highest BCUT2D eigenvalue weighted by Gasteiger charge is 2.59. The second kappa shape index (κ2) is 12.5. The number of fused-ring (bicyclic) bond motifs is 10. The molecule has 4 fully saturated rings. The minimum absolute atomic E-state index is 0.503. The van der Waals surface area contributed by atoms with Crippen LogP contribution >= 0.6 is 0 Å². The van der Waals surface area contributed by atoms with E-state index in [4.69, 9.17) is 37.2 Å². The molecule has 12 heteroatoms. The summed E-state index contributed by atoms with van der Waals surface area (Å²) >= 11 is 0. The Hall–Kier alpha value is -3.18. The van der Waals surface area contributed by atoms with E-state index in [0.29, 0.717) is 0 Å². The van der Waals surface area contributed by atoms with E-state index in [0.717, 1.165) is 66.4 Å². The van der Waals surface area contributed by atoms with Crippen molar-refractivity contribution in [2.24, 2.45) is 0 Å². The molecule has 4 aromatic rings. The van der Waals surface area contributed by atoms with Gasteiger partial charge in [0.1, 0.15) is 0 Å². The smallest absolute Gasteiger partial charge is 0.399 e. The summed E-state index contributed by atoms with van der Waals surface area (Å²) in [5, 5.41) is 0.